The van der Waals surface area contributed by atoms with E-state index < -0.39 is 12.2 Å². The Balaban J connectivity index is 2.13. The van der Waals surface area contributed by atoms with Crippen molar-refractivity contribution in [3.8, 4) is 0 Å². The van der Waals surface area contributed by atoms with Crippen molar-refractivity contribution in [1.82, 2.24) is 0 Å². The highest BCUT2D eigenvalue weighted by molar-refractivity contribution is 5.10. The van der Waals surface area contributed by atoms with Crippen molar-refractivity contribution in [2.45, 2.75) is 70.4 Å². The summed E-state index contributed by atoms with van der Waals surface area (Å²) in [5.41, 5.74) is 0.654. The maximum Gasteiger partial charge on any atom is 0.113 e. The minimum Gasteiger partial charge on any atom is -0.390 e. The number of aliphatic hydroxyl groups is 2. The topological polar surface area (TPSA) is 53.0 Å². The van der Waals surface area contributed by atoms with Crippen LogP contribution in [-0.2, 0) is 4.74 Å². The Morgan fingerprint density at radius 2 is 2.00 bits per heavy atom. The molecule has 1 aliphatic carbocycles. The lowest BCUT2D eigenvalue weighted by Crippen LogP contribution is -2.34. The first-order valence-electron chi connectivity index (χ1n) is 7.07. The van der Waals surface area contributed by atoms with Gasteiger partial charge in [0.1, 0.15) is 6.10 Å². The van der Waals surface area contributed by atoms with Gasteiger partial charge in [0.05, 0.1) is 17.8 Å². The van der Waals surface area contributed by atoms with E-state index in [1.807, 2.05) is 6.92 Å². The third-order valence-corrected chi connectivity index (χ3v) is 4.73. The van der Waals surface area contributed by atoms with Crippen molar-refractivity contribution in [2.75, 3.05) is 0 Å². The smallest absolute Gasteiger partial charge is 0.113 e. The van der Waals surface area contributed by atoms with Crippen LogP contribution in [0.5, 0.6) is 0 Å². The molecule has 1 saturated heterocycles. The third-order valence-electron chi connectivity index (χ3n) is 4.73. The molecule has 1 saturated carbocycles. The van der Waals surface area contributed by atoms with E-state index in [0.717, 1.165) is 24.8 Å². The summed E-state index contributed by atoms with van der Waals surface area (Å²) < 4.78 is 5.72. The average molecular weight is 254 g/mol. The number of hydrogen-bond acceptors (Lipinski definition) is 3. The SMILES string of the molecule is C=C1CC[C@@H](C(C)C)[C@@H](O)[C@H]2O[C@@]2(C)CCC1O. The van der Waals surface area contributed by atoms with Crippen LogP contribution >= 0.6 is 0 Å². The molecule has 0 aromatic carbocycles. The predicted molar refractivity (Wildman–Crippen MR) is 71.2 cm³/mol. The van der Waals surface area contributed by atoms with Crippen molar-refractivity contribution in [1.29, 1.82) is 0 Å². The van der Waals surface area contributed by atoms with E-state index in [9.17, 15) is 10.2 Å². The highest BCUT2D eigenvalue weighted by Gasteiger charge is 2.57. The van der Waals surface area contributed by atoms with Gasteiger partial charge in [-0.2, -0.15) is 0 Å². The van der Waals surface area contributed by atoms with E-state index in [2.05, 4.69) is 20.4 Å². The molecule has 2 rings (SSSR count). The van der Waals surface area contributed by atoms with Crippen LogP contribution in [0.3, 0.4) is 0 Å². The molecule has 0 aromatic rings. The highest BCUT2D eigenvalue weighted by atomic mass is 16.6. The lowest BCUT2D eigenvalue weighted by Gasteiger charge is -2.28. The molecule has 104 valence electrons. The molecule has 1 unspecified atom stereocenters. The van der Waals surface area contributed by atoms with Crippen LogP contribution in [0.1, 0.15) is 46.5 Å². The molecular weight excluding hydrogens is 228 g/mol. The fourth-order valence-corrected chi connectivity index (χ4v) is 3.16. The molecule has 0 aromatic heterocycles. The van der Waals surface area contributed by atoms with Gasteiger partial charge in [-0.1, -0.05) is 20.4 Å². The first-order chi connectivity index (χ1) is 8.35. The van der Waals surface area contributed by atoms with Crippen LogP contribution in [-0.4, -0.2) is 34.1 Å². The molecule has 0 spiro atoms. The quantitative estimate of drug-likeness (QED) is 0.557. The van der Waals surface area contributed by atoms with Gasteiger partial charge in [0.25, 0.3) is 0 Å². The summed E-state index contributed by atoms with van der Waals surface area (Å²) in [7, 11) is 0. The van der Waals surface area contributed by atoms with Gasteiger partial charge in [-0.25, -0.2) is 0 Å². The van der Waals surface area contributed by atoms with Crippen molar-refractivity contribution in [3.05, 3.63) is 12.2 Å². The molecule has 0 radical (unpaired) electrons. The van der Waals surface area contributed by atoms with E-state index >= 15 is 0 Å². The molecule has 5 atom stereocenters. The summed E-state index contributed by atoms with van der Waals surface area (Å²) >= 11 is 0. The second-order valence-electron chi connectivity index (χ2n) is 6.50. The van der Waals surface area contributed by atoms with Gasteiger partial charge >= 0.3 is 0 Å². The number of ether oxygens (including phenoxy) is 1. The summed E-state index contributed by atoms with van der Waals surface area (Å²) in [5, 5.41) is 20.5. The van der Waals surface area contributed by atoms with E-state index in [4.69, 9.17) is 4.74 Å². The Hall–Kier alpha value is -0.380. The second-order valence-corrected chi connectivity index (χ2v) is 6.50. The number of hydrogen-bond donors (Lipinski definition) is 2. The molecule has 2 fully saturated rings. The molecular formula is C15H26O3. The van der Waals surface area contributed by atoms with E-state index in [1.54, 1.807) is 0 Å². The van der Waals surface area contributed by atoms with E-state index in [0.29, 0.717) is 12.3 Å². The Morgan fingerprint density at radius 3 is 2.61 bits per heavy atom. The monoisotopic (exact) mass is 254 g/mol. The predicted octanol–water partition coefficient (Wildman–Crippen LogP) is 2.27. The zero-order valence-corrected chi connectivity index (χ0v) is 11.7. The summed E-state index contributed by atoms with van der Waals surface area (Å²) in [6, 6.07) is 0. The van der Waals surface area contributed by atoms with Crippen LogP contribution in [0.15, 0.2) is 12.2 Å². The van der Waals surface area contributed by atoms with Gasteiger partial charge < -0.3 is 14.9 Å². The number of rotatable bonds is 1. The maximum absolute atomic E-state index is 10.5. The molecule has 0 amide bonds. The van der Waals surface area contributed by atoms with Crippen LogP contribution in [0.2, 0.25) is 0 Å². The number of fused-ring (bicyclic) bond motifs is 1. The molecule has 1 aliphatic heterocycles. The minimum absolute atomic E-state index is 0.0523. The van der Waals surface area contributed by atoms with Crippen molar-refractivity contribution in [3.63, 3.8) is 0 Å². The van der Waals surface area contributed by atoms with Crippen LogP contribution in [0.25, 0.3) is 0 Å². The average Bonchev–Trinajstić information content (AvgIpc) is 2.97. The van der Waals surface area contributed by atoms with E-state index in [1.165, 1.54) is 0 Å². The van der Waals surface area contributed by atoms with Gasteiger partial charge in [0.2, 0.25) is 0 Å². The summed E-state index contributed by atoms with van der Waals surface area (Å²) in [6.45, 7) is 10.3. The van der Waals surface area contributed by atoms with Crippen molar-refractivity contribution >= 4 is 0 Å². The zero-order valence-electron chi connectivity index (χ0n) is 11.7. The van der Waals surface area contributed by atoms with Crippen LogP contribution < -0.4 is 0 Å². The normalized spacial score (nSPS) is 45.8. The standard InChI is InChI=1S/C15H26O3/c1-9(2)11-6-5-10(3)12(16)7-8-15(4)14(18-15)13(11)17/h9,11-14,16-17H,3,5-8H2,1-2,4H3/t11-,12?,13+,14+,15-/m0/s1. The van der Waals surface area contributed by atoms with Crippen molar-refractivity contribution in [2.24, 2.45) is 11.8 Å². The lowest BCUT2D eigenvalue weighted by molar-refractivity contribution is 0.0492. The lowest BCUT2D eigenvalue weighted by atomic mass is 9.79. The fourth-order valence-electron chi connectivity index (χ4n) is 3.16. The third kappa shape index (κ3) is 2.63. The van der Waals surface area contributed by atoms with Gasteiger partial charge in [-0.3, -0.25) is 0 Å². The van der Waals surface area contributed by atoms with Gasteiger partial charge in [-0.15, -0.1) is 0 Å². The Bertz CT molecular complexity index is 326. The van der Waals surface area contributed by atoms with E-state index in [-0.39, 0.29) is 17.6 Å². The van der Waals surface area contributed by atoms with Gasteiger partial charge in [0, 0.05) is 0 Å². The molecule has 2 N–H and O–H groups in total. The first-order valence-corrected chi connectivity index (χ1v) is 7.07. The van der Waals surface area contributed by atoms with Crippen molar-refractivity contribution < 1.29 is 14.9 Å². The Kier molecular flexibility index (Phi) is 3.86. The molecule has 2 aliphatic rings. The maximum atomic E-state index is 10.5. The first kappa shape index (κ1) is 14.0. The Labute approximate surface area is 110 Å². The zero-order chi connectivity index (χ0) is 13.5. The summed E-state index contributed by atoms with van der Waals surface area (Å²) in [4.78, 5) is 0. The Morgan fingerprint density at radius 1 is 1.33 bits per heavy atom. The molecule has 3 nitrogen and oxygen atoms in total. The molecule has 0 bridgehead atoms. The molecule has 1 heterocycles. The molecule has 3 heteroatoms. The largest absolute Gasteiger partial charge is 0.390 e. The van der Waals surface area contributed by atoms with Crippen LogP contribution in [0, 0.1) is 11.8 Å². The summed E-state index contributed by atoms with van der Waals surface area (Å²) in [5.74, 6) is 0.636. The second kappa shape index (κ2) is 4.95. The van der Waals surface area contributed by atoms with Gasteiger partial charge in [0.15, 0.2) is 0 Å². The highest BCUT2D eigenvalue weighted by Crippen LogP contribution is 2.47. The van der Waals surface area contributed by atoms with Gasteiger partial charge in [-0.05, 0) is 50.0 Å². The minimum atomic E-state index is -0.422. The fraction of sp³-hybridized carbons (Fsp3) is 0.867. The van der Waals surface area contributed by atoms with Crippen LogP contribution in [0.4, 0.5) is 0 Å². The number of epoxide rings is 1. The molecule has 18 heavy (non-hydrogen) atoms. The number of aliphatic hydroxyl groups excluding tert-OH is 2. The summed E-state index contributed by atoms with van der Waals surface area (Å²) in [6.07, 6.45) is 2.29.